The molecule has 150 valence electrons. The molecule has 1 fully saturated rings. The first-order valence-corrected chi connectivity index (χ1v) is 9.43. The normalized spacial score (nSPS) is 15.7. The molecular weight excluding hydrogens is 369 g/mol. The molecule has 1 aromatic heterocycles. The minimum atomic E-state index is -4.56. The molecule has 1 aliphatic carbocycles. The fourth-order valence-electron chi connectivity index (χ4n) is 3.38. The number of aryl methyl sites for hydroxylation is 1. The molecule has 8 heteroatoms. The molecule has 2 N–H and O–H groups in total. The number of hydrogen-bond acceptors (Lipinski definition) is 4. The van der Waals surface area contributed by atoms with Crippen molar-refractivity contribution in [3.63, 3.8) is 0 Å². The van der Waals surface area contributed by atoms with Crippen molar-refractivity contribution in [3.05, 3.63) is 47.3 Å². The molecule has 1 aliphatic rings. The molecule has 0 spiro atoms. The van der Waals surface area contributed by atoms with Gasteiger partial charge in [0.2, 0.25) is 5.95 Å². The van der Waals surface area contributed by atoms with Crippen LogP contribution in [0.15, 0.2) is 30.3 Å². The summed E-state index contributed by atoms with van der Waals surface area (Å²) >= 11 is 0. The van der Waals surface area contributed by atoms with E-state index < -0.39 is 17.6 Å². The van der Waals surface area contributed by atoms with Gasteiger partial charge in [-0.05, 0) is 38.0 Å². The summed E-state index contributed by atoms with van der Waals surface area (Å²) in [5, 5.41) is 5.60. The maximum Gasteiger partial charge on any atom is 0.418 e. The molecule has 1 amide bonds. The predicted molar refractivity (Wildman–Crippen MR) is 101 cm³/mol. The largest absolute Gasteiger partial charge is 0.418 e. The van der Waals surface area contributed by atoms with Crippen LogP contribution in [0.4, 0.5) is 24.8 Å². The molecule has 0 atom stereocenters. The van der Waals surface area contributed by atoms with Gasteiger partial charge >= 0.3 is 6.18 Å². The van der Waals surface area contributed by atoms with E-state index in [1.165, 1.54) is 37.1 Å². The van der Waals surface area contributed by atoms with Gasteiger partial charge in [0, 0.05) is 11.7 Å². The van der Waals surface area contributed by atoms with Crippen LogP contribution in [0.3, 0.4) is 0 Å². The Hall–Kier alpha value is -2.64. The summed E-state index contributed by atoms with van der Waals surface area (Å²) in [6.07, 6.45) is 2.14. The van der Waals surface area contributed by atoms with Crippen molar-refractivity contribution in [1.82, 2.24) is 9.97 Å². The fourth-order valence-corrected chi connectivity index (χ4v) is 3.38. The summed E-state index contributed by atoms with van der Waals surface area (Å²) in [7, 11) is 0. The number of aromatic nitrogens is 2. The van der Waals surface area contributed by atoms with E-state index in [4.69, 9.17) is 0 Å². The standard InChI is InChI=1S/C20H23F3N4O/c1-13-12-17(27-19(24-13)25-14-8-4-2-3-5-9-14)18(28)26-16-11-7-6-10-15(16)20(21,22)23/h6-7,10-12,14H,2-5,8-9H2,1H3,(H,26,28)(H,24,25,27). The number of nitrogens with one attached hydrogen (secondary N) is 2. The lowest BCUT2D eigenvalue weighted by molar-refractivity contribution is -0.136. The third kappa shape index (κ3) is 5.21. The van der Waals surface area contributed by atoms with Crippen molar-refractivity contribution in [1.29, 1.82) is 0 Å². The third-order valence-corrected chi connectivity index (χ3v) is 4.76. The third-order valence-electron chi connectivity index (χ3n) is 4.76. The van der Waals surface area contributed by atoms with Gasteiger partial charge in [-0.25, -0.2) is 9.97 Å². The average molecular weight is 392 g/mol. The molecule has 1 aromatic carbocycles. The highest BCUT2D eigenvalue weighted by Crippen LogP contribution is 2.34. The number of nitrogens with zero attached hydrogens (tertiary/aromatic N) is 2. The van der Waals surface area contributed by atoms with Gasteiger partial charge in [0.15, 0.2) is 0 Å². The van der Waals surface area contributed by atoms with Crippen molar-refractivity contribution >= 4 is 17.5 Å². The maximum absolute atomic E-state index is 13.1. The highest BCUT2D eigenvalue weighted by molar-refractivity contribution is 6.03. The van der Waals surface area contributed by atoms with Gasteiger partial charge in [0.25, 0.3) is 5.91 Å². The van der Waals surface area contributed by atoms with Gasteiger partial charge in [-0.1, -0.05) is 37.8 Å². The molecular formula is C20H23F3N4O. The Morgan fingerprint density at radius 3 is 2.43 bits per heavy atom. The molecule has 5 nitrogen and oxygen atoms in total. The smallest absolute Gasteiger partial charge is 0.351 e. The van der Waals surface area contributed by atoms with Crippen LogP contribution in [0.25, 0.3) is 0 Å². The lowest BCUT2D eigenvalue weighted by atomic mass is 10.1. The van der Waals surface area contributed by atoms with E-state index >= 15 is 0 Å². The summed E-state index contributed by atoms with van der Waals surface area (Å²) in [5.74, 6) is -0.368. The Kier molecular flexibility index (Phi) is 6.16. The number of para-hydroxylation sites is 1. The van der Waals surface area contributed by atoms with E-state index in [9.17, 15) is 18.0 Å². The molecule has 1 saturated carbocycles. The highest BCUT2D eigenvalue weighted by Gasteiger charge is 2.33. The number of halogens is 3. The van der Waals surface area contributed by atoms with Crippen LogP contribution < -0.4 is 10.6 Å². The zero-order valence-electron chi connectivity index (χ0n) is 15.6. The van der Waals surface area contributed by atoms with Crippen LogP contribution in [0.5, 0.6) is 0 Å². The second-order valence-corrected chi connectivity index (χ2v) is 7.05. The summed E-state index contributed by atoms with van der Waals surface area (Å²) in [6, 6.07) is 6.58. The van der Waals surface area contributed by atoms with Gasteiger partial charge in [-0.15, -0.1) is 0 Å². The van der Waals surface area contributed by atoms with E-state index in [-0.39, 0.29) is 17.4 Å². The predicted octanol–water partition coefficient (Wildman–Crippen LogP) is 5.19. The van der Waals surface area contributed by atoms with Gasteiger partial charge in [0.05, 0.1) is 11.3 Å². The van der Waals surface area contributed by atoms with E-state index in [1.807, 2.05) is 0 Å². The van der Waals surface area contributed by atoms with Crippen LogP contribution in [0, 0.1) is 6.92 Å². The molecule has 2 aromatic rings. The Morgan fingerprint density at radius 2 is 1.75 bits per heavy atom. The van der Waals surface area contributed by atoms with Crippen molar-refractivity contribution in [2.45, 2.75) is 57.7 Å². The van der Waals surface area contributed by atoms with E-state index in [0.29, 0.717) is 11.6 Å². The first-order valence-electron chi connectivity index (χ1n) is 9.43. The summed E-state index contributed by atoms with van der Waals surface area (Å²) in [5.41, 5.74) is -0.596. The second-order valence-electron chi connectivity index (χ2n) is 7.05. The van der Waals surface area contributed by atoms with Gasteiger partial charge in [-0.2, -0.15) is 13.2 Å². The fraction of sp³-hybridized carbons (Fsp3) is 0.450. The quantitative estimate of drug-likeness (QED) is 0.703. The van der Waals surface area contributed by atoms with Crippen molar-refractivity contribution < 1.29 is 18.0 Å². The topological polar surface area (TPSA) is 66.9 Å². The number of carbonyl (C=O) groups excluding carboxylic acids is 1. The first kappa shape index (κ1) is 20.1. The summed E-state index contributed by atoms with van der Waals surface area (Å²) in [6.45, 7) is 1.72. The second kappa shape index (κ2) is 8.58. The summed E-state index contributed by atoms with van der Waals surface area (Å²) < 4.78 is 39.4. The molecule has 1 heterocycles. The molecule has 3 rings (SSSR count). The van der Waals surface area contributed by atoms with Gasteiger partial charge in [0.1, 0.15) is 5.69 Å². The van der Waals surface area contributed by atoms with E-state index in [0.717, 1.165) is 31.7 Å². The number of hydrogen-bond donors (Lipinski definition) is 2. The van der Waals surface area contributed by atoms with Crippen LogP contribution in [-0.4, -0.2) is 21.9 Å². The molecule has 0 unspecified atom stereocenters. The van der Waals surface area contributed by atoms with Crippen LogP contribution in [0.2, 0.25) is 0 Å². The van der Waals surface area contributed by atoms with Crippen LogP contribution in [0.1, 0.15) is 60.3 Å². The monoisotopic (exact) mass is 392 g/mol. The number of benzene rings is 1. The Morgan fingerprint density at radius 1 is 1.07 bits per heavy atom. The Bertz CT molecular complexity index is 830. The van der Waals surface area contributed by atoms with E-state index in [1.54, 1.807) is 6.92 Å². The summed E-state index contributed by atoms with van der Waals surface area (Å²) in [4.78, 5) is 21.1. The highest BCUT2D eigenvalue weighted by atomic mass is 19.4. The van der Waals surface area contributed by atoms with Crippen molar-refractivity contribution in [2.75, 3.05) is 10.6 Å². The average Bonchev–Trinajstić information content (AvgIpc) is 2.89. The zero-order valence-corrected chi connectivity index (χ0v) is 15.6. The molecule has 0 bridgehead atoms. The SMILES string of the molecule is Cc1cc(C(=O)Nc2ccccc2C(F)(F)F)nc(NC2CCCCCC2)n1. The number of carbonyl (C=O) groups is 1. The molecule has 28 heavy (non-hydrogen) atoms. The molecule has 0 saturated heterocycles. The lowest BCUT2D eigenvalue weighted by Gasteiger charge is -2.17. The van der Waals surface area contributed by atoms with Crippen molar-refractivity contribution in [2.24, 2.45) is 0 Å². The zero-order chi connectivity index (χ0) is 20.1. The minimum Gasteiger partial charge on any atom is -0.351 e. The number of rotatable bonds is 4. The first-order chi connectivity index (χ1) is 13.3. The number of alkyl halides is 3. The maximum atomic E-state index is 13.1. The van der Waals surface area contributed by atoms with Crippen LogP contribution in [-0.2, 0) is 6.18 Å². The molecule has 0 radical (unpaired) electrons. The van der Waals surface area contributed by atoms with Gasteiger partial charge in [-0.3, -0.25) is 4.79 Å². The van der Waals surface area contributed by atoms with E-state index in [2.05, 4.69) is 20.6 Å². The lowest BCUT2D eigenvalue weighted by Crippen LogP contribution is -2.22. The van der Waals surface area contributed by atoms with Gasteiger partial charge < -0.3 is 10.6 Å². The van der Waals surface area contributed by atoms with Crippen molar-refractivity contribution in [3.8, 4) is 0 Å². The number of anilines is 2. The Labute approximate surface area is 161 Å². The Balaban J connectivity index is 1.78. The number of amides is 1. The minimum absolute atomic E-state index is 0.0283. The molecule has 0 aliphatic heterocycles. The van der Waals surface area contributed by atoms with Crippen LogP contribution >= 0.6 is 0 Å².